The Hall–Kier alpha value is -2.05. The molecular formula is C17H13Cl2F2NO3. The Balaban J connectivity index is 2.38. The topological polar surface area (TPSA) is 56.3 Å². The minimum Gasteiger partial charge on any atom is -0.460 e. The summed E-state index contributed by atoms with van der Waals surface area (Å²) in [5, 5.41) is -0.00734. The van der Waals surface area contributed by atoms with Crippen LogP contribution >= 0.6 is 23.2 Å². The summed E-state index contributed by atoms with van der Waals surface area (Å²) in [4.78, 5) is 27.0. The fraction of sp³-hybridized carbons (Fsp3) is 0.235. The van der Waals surface area contributed by atoms with Gasteiger partial charge in [0.2, 0.25) is 5.78 Å². The van der Waals surface area contributed by atoms with Crippen LogP contribution in [0.25, 0.3) is 11.1 Å². The van der Waals surface area contributed by atoms with Gasteiger partial charge in [-0.1, -0.05) is 23.2 Å². The number of Topliss-reactive ketones (excluding diaryl/α,β-unsaturated/α-hetero) is 1. The Morgan fingerprint density at radius 3 is 2.52 bits per heavy atom. The number of esters is 1. The number of carbonyl (C=O) groups is 2. The smallest absolute Gasteiger partial charge is 0.374 e. The van der Waals surface area contributed by atoms with E-state index in [9.17, 15) is 18.4 Å². The molecule has 0 amide bonds. The predicted molar refractivity (Wildman–Crippen MR) is 89.6 cm³/mol. The number of hydrogen-bond acceptors (Lipinski definition) is 4. The van der Waals surface area contributed by atoms with Crippen LogP contribution in [0.2, 0.25) is 10.3 Å². The summed E-state index contributed by atoms with van der Waals surface area (Å²) in [6.07, 6.45) is -0.176. The van der Waals surface area contributed by atoms with Crippen LogP contribution in [0.15, 0.2) is 24.3 Å². The van der Waals surface area contributed by atoms with Gasteiger partial charge in [-0.2, -0.15) is 0 Å². The molecule has 1 aromatic heterocycles. The molecular weight excluding hydrogens is 375 g/mol. The molecule has 0 saturated carbocycles. The van der Waals surface area contributed by atoms with E-state index < -0.39 is 23.4 Å². The van der Waals surface area contributed by atoms with Crippen molar-refractivity contribution in [2.75, 3.05) is 6.61 Å². The second-order valence-corrected chi connectivity index (χ2v) is 5.77. The molecule has 0 radical (unpaired) electrons. The first-order valence-electron chi connectivity index (χ1n) is 7.33. The van der Waals surface area contributed by atoms with Crippen molar-refractivity contribution < 1.29 is 23.1 Å². The van der Waals surface area contributed by atoms with Gasteiger partial charge in [-0.05, 0) is 42.7 Å². The molecule has 0 aliphatic rings. The van der Waals surface area contributed by atoms with Crippen LogP contribution in [0, 0.1) is 11.6 Å². The second kappa shape index (κ2) is 8.36. The average molecular weight is 388 g/mol. The van der Waals surface area contributed by atoms with Gasteiger partial charge in [-0.3, -0.25) is 4.79 Å². The average Bonchev–Trinajstić information content (AvgIpc) is 2.53. The molecule has 0 atom stereocenters. The zero-order valence-corrected chi connectivity index (χ0v) is 14.6. The molecule has 0 bridgehead atoms. The SMILES string of the molecule is CCOC(=O)C(=O)CCc1c(-c2ccc(F)cc2F)cc(Cl)nc1Cl. The van der Waals surface area contributed by atoms with Gasteiger partial charge in [0.05, 0.1) is 6.61 Å². The molecule has 1 aromatic carbocycles. The Morgan fingerprint density at radius 2 is 1.88 bits per heavy atom. The lowest BCUT2D eigenvalue weighted by Gasteiger charge is -2.12. The molecule has 0 saturated heterocycles. The molecule has 0 spiro atoms. The number of ketones is 1. The van der Waals surface area contributed by atoms with E-state index in [-0.39, 0.29) is 40.9 Å². The summed E-state index contributed by atoms with van der Waals surface area (Å²) in [5.41, 5.74) is 0.666. The normalized spacial score (nSPS) is 10.6. The van der Waals surface area contributed by atoms with Crippen molar-refractivity contribution in [3.63, 3.8) is 0 Å². The van der Waals surface area contributed by atoms with Gasteiger partial charge in [-0.25, -0.2) is 18.6 Å². The number of hydrogen-bond donors (Lipinski definition) is 0. The summed E-state index contributed by atoms with van der Waals surface area (Å²) in [5.74, 6) is -3.23. The van der Waals surface area contributed by atoms with Crippen LogP contribution in [0.1, 0.15) is 18.9 Å². The number of halogens is 4. The number of pyridine rings is 1. The standard InChI is InChI=1S/C17H13Cl2F2NO3/c1-2-25-17(24)14(23)6-5-11-12(8-15(18)22-16(11)19)10-4-3-9(20)7-13(10)21/h3-4,7-8H,2,5-6H2,1H3. The van der Waals surface area contributed by atoms with E-state index >= 15 is 0 Å². The molecule has 0 aliphatic heterocycles. The fourth-order valence-corrected chi connectivity index (χ4v) is 2.77. The highest BCUT2D eigenvalue weighted by Gasteiger charge is 2.20. The van der Waals surface area contributed by atoms with Crippen molar-refractivity contribution in [3.05, 3.63) is 51.8 Å². The number of benzene rings is 1. The van der Waals surface area contributed by atoms with Crippen molar-refractivity contribution in [2.24, 2.45) is 0 Å². The maximum Gasteiger partial charge on any atom is 0.374 e. The van der Waals surface area contributed by atoms with Crippen molar-refractivity contribution >= 4 is 35.0 Å². The van der Waals surface area contributed by atoms with Gasteiger partial charge >= 0.3 is 5.97 Å². The highest BCUT2D eigenvalue weighted by molar-refractivity contribution is 6.34. The maximum absolute atomic E-state index is 14.1. The summed E-state index contributed by atoms with van der Waals surface area (Å²) in [6.45, 7) is 1.67. The van der Waals surface area contributed by atoms with Crippen LogP contribution in [0.4, 0.5) is 8.78 Å². The van der Waals surface area contributed by atoms with Crippen LogP contribution in [-0.4, -0.2) is 23.3 Å². The van der Waals surface area contributed by atoms with E-state index in [0.717, 1.165) is 12.1 Å². The Kier molecular flexibility index (Phi) is 6.45. The summed E-state index contributed by atoms with van der Waals surface area (Å²) < 4.78 is 31.9. The zero-order valence-electron chi connectivity index (χ0n) is 13.1. The zero-order chi connectivity index (χ0) is 18.6. The van der Waals surface area contributed by atoms with Crippen molar-refractivity contribution in [1.82, 2.24) is 4.98 Å². The molecule has 2 rings (SSSR count). The van der Waals surface area contributed by atoms with Gasteiger partial charge in [0.15, 0.2) is 0 Å². The lowest BCUT2D eigenvalue weighted by Crippen LogP contribution is -2.18. The van der Waals surface area contributed by atoms with Gasteiger partial charge in [-0.15, -0.1) is 0 Å². The molecule has 0 fully saturated rings. The third kappa shape index (κ3) is 4.74. The van der Waals surface area contributed by atoms with E-state index in [0.29, 0.717) is 5.56 Å². The Bertz CT molecular complexity index is 828. The third-order valence-electron chi connectivity index (χ3n) is 3.37. The first-order valence-corrected chi connectivity index (χ1v) is 8.09. The second-order valence-electron chi connectivity index (χ2n) is 5.03. The summed E-state index contributed by atoms with van der Waals surface area (Å²) in [6, 6.07) is 4.43. The molecule has 0 aliphatic carbocycles. The summed E-state index contributed by atoms with van der Waals surface area (Å²) in [7, 11) is 0. The fourth-order valence-electron chi connectivity index (χ4n) is 2.25. The van der Waals surface area contributed by atoms with Crippen LogP contribution in [0.5, 0.6) is 0 Å². The number of nitrogens with zero attached hydrogens (tertiary/aromatic N) is 1. The van der Waals surface area contributed by atoms with Gasteiger partial charge in [0.25, 0.3) is 0 Å². The van der Waals surface area contributed by atoms with Crippen molar-refractivity contribution in [1.29, 1.82) is 0 Å². The van der Waals surface area contributed by atoms with Crippen LogP contribution in [0.3, 0.4) is 0 Å². The van der Waals surface area contributed by atoms with Crippen LogP contribution in [-0.2, 0) is 20.7 Å². The number of rotatable bonds is 6. The predicted octanol–water partition coefficient (Wildman–Crippen LogP) is 4.40. The highest BCUT2D eigenvalue weighted by Crippen LogP contribution is 2.33. The minimum atomic E-state index is -0.949. The van der Waals surface area contributed by atoms with E-state index in [4.69, 9.17) is 23.2 Å². The molecule has 0 N–H and O–H groups in total. The van der Waals surface area contributed by atoms with Crippen molar-refractivity contribution in [3.8, 4) is 11.1 Å². The van der Waals surface area contributed by atoms with Crippen molar-refractivity contribution in [2.45, 2.75) is 19.8 Å². The van der Waals surface area contributed by atoms with E-state index in [2.05, 4.69) is 9.72 Å². The lowest BCUT2D eigenvalue weighted by atomic mass is 9.97. The number of carbonyl (C=O) groups excluding carboxylic acids is 2. The molecule has 8 heteroatoms. The number of ether oxygens (including phenoxy) is 1. The van der Waals surface area contributed by atoms with E-state index in [1.54, 1.807) is 6.92 Å². The summed E-state index contributed by atoms with van der Waals surface area (Å²) >= 11 is 11.9. The van der Waals surface area contributed by atoms with Gasteiger partial charge in [0, 0.05) is 18.1 Å². The molecule has 0 unspecified atom stereocenters. The molecule has 132 valence electrons. The van der Waals surface area contributed by atoms with E-state index in [1.807, 2.05) is 0 Å². The molecule has 1 heterocycles. The largest absolute Gasteiger partial charge is 0.460 e. The lowest BCUT2D eigenvalue weighted by molar-refractivity contribution is -0.153. The van der Waals surface area contributed by atoms with Gasteiger partial charge < -0.3 is 4.74 Å². The Morgan fingerprint density at radius 1 is 1.16 bits per heavy atom. The monoisotopic (exact) mass is 387 g/mol. The number of aromatic nitrogens is 1. The van der Waals surface area contributed by atoms with Gasteiger partial charge in [0.1, 0.15) is 21.9 Å². The Labute approximate surface area is 152 Å². The first-order chi connectivity index (χ1) is 11.8. The molecule has 4 nitrogen and oxygen atoms in total. The van der Waals surface area contributed by atoms with E-state index in [1.165, 1.54) is 12.1 Å². The first kappa shape index (κ1) is 19.3. The highest BCUT2D eigenvalue weighted by atomic mass is 35.5. The minimum absolute atomic E-state index is 0.0178. The molecule has 2 aromatic rings. The quantitative estimate of drug-likeness (QED) is 0.418. The maximum atomic E-state index is 14.1. The third-order valence-corrected chi connectivity index (χ3v) is 3.88. The van der Waals surface area contributed by atoms with Crippen LogP contribution < -0.4 is 0 Å². The molecule has 25 heavy (non-hydrogen) atoms.